The molecule has 0 N–H and O–H groups in total. The van der Waals surface area contributed by atoms with Crippen LogP contribution in [0.25, 0.3) is 0 Å². The van der Waals surface area contributed by atoms with E-state index in [1.165, 1.54) is 4.31 Å². The van der Waals surface area contributed by atoms with Crippen LogP contribution in [0.2, 0.25) is 5.02 Å². The molecule has 1 saturated heterocycles. The molecule has 0 bridgehead atoms. The van der Waals surface area contributed by atoms with Crippen molar-refractivity contribution < 1.29 is 13.2 Å². The maximum Gasteiger partial charge on any atom is 0.243 e. The van der Waals surface area contributed by atoms with Crippen LogP contribution in [0.4, 0.5) is 0 Å². The zero-order valence-corrected chi connectivity index (χ0v) is 16.6. The van der Waals surface area contributed by atoms with E-state index in [1.807, 2.05) is 36.4 Å². The molecule has 6 heteroatoms. The molecule has 0 aliphatic carbocycles. The quantitative estimate of drug-likeness (QED) is 0.710. The molecular weight excluding hydrogens is 370 g/mol. The molecule has 4 nitrogen and oxygen atoms in total. The maximum absolute atomic E-state index is 12.7. The number of ether oxygens (including phenoxy) is 1. The number of hydrogen-bond donors (Lipinski definition) is 0. The first kappa shape index (κ1) is 19.4. The minimum atomic E-state index is -3.44. The molecule has 1 heterocycles. The van der Waals surface area contributed by atoms with Crippen molar-refractivity contribution >= 4 is 21.6 Å². The summed E-state index contributed by atoms with van der Waals surface area (Å²) in [6.45, 7) is 5.43. The molecule has 0 saturated carbocycles. The van der Waals surface area contributed by atoms with Crippen LogP contribution in [-0.2, 0) is 27.8 Å². The van der Waals surface area contributed by atoms with Gasteiger partial charge in [-0.3, -0.25) is 0 Å². The maximum atomic E-state index is 12.7. The van der Waals surface area contributed by atoms with Gasteiger partial charge in [-0.1, -0.05) is 55.8 Å². The van der Waals surface area contributed by atoms with Crippen LogP contribution < -0.4 is 0 Å². The van der Waals surface area contributed by atoms with Crippen molar-refractivity contribution in [2.24, 2.45) is 5.92 Å². The Bertz CT molecular complexity index is 844. The Hall–Kier alpha value is -1.40. The van der Waals surface area contributed by atoms with Crippen molar-refractivity contribution in [2.75, 3.05) is 13.1 Å². The lowest BCUT2D eigenvalue weighted by Gasteiger charge is -2.37. The molecule has 0 atom stereocenters. The summed E-state index contributed by atoms with van der Waals surface area (Å²) in [7, 11) is -3.44. The van der Waals surface area contributed by atoms with Crippen LogP contribution in [0.15, 0.2) is 53.4 Å². The third-order valence-corrected chi connectivity index (χ3v) is 6.67. The molecule has 140 valence electrons. The van der Waals surface area contributed by atoms with Gasteiger partial charge in [-0.2, -0.15) is 4.31 Å². The molecule has 0 spiro atoms. The highest BCUT2D eigenvalue weighted by molar-refractivity contribution is 7.89. The lowest BCUT2D eigenvalue weighted by Crippen LogP contribution is -2.54. The van der Waals surface area contributed by atoms with Gasteiger partial charge in [0.15, 0.2) is 0 Å². The average Bonchev–Trinajstić information content (AvgIpc) is 2.55. The van der Waals surface area contributed by atoms with Gasteiger partial charge >= 0.3 is 0 Å². The summed E-state index contributed by atoms with van der Waals surface area (Å²) >= 11 is 6.11. The van der Waals surface area contributed by atoms with Crippen LogP contribution in [-0.4, -0.2) is 31.9 Å². The van der Waals surface area contributed by atoms with Crippen LogP contribution in [0.5, 0.6) is 0 Å². The van der Waals surface area contributed by atoms with Gasteiger partial charge in [-0.25, -0.2) is 8.42 Å². The molecule has 2 aromatic rings. The lowest BCUT2D eigenvalue weighted by molar-refractivity contribution is -0.0295. The Morgan fingerprint density at radius 1 is 1.12 bits per heavy atom. The van der Waals surface area contributed by atoms with E-state index in [0.717, 1.165) is 17.5 Å². The summed E-state index contributed by atoms with van der Waals surface area (Å²) in [6, 6.07) is 14.7. The fourth-order valence-electron chi connectivity index (χ4n) is 2.94. The third kappa shape index (κ3) is 4.46. The zero-order chi connectivity index (χ0) is 18.7. The van der Waals surface area contributed by atoms with E-state index >= 15 is 0 Å². The highest BCUT2D eigenvalue weighted by Crippen LogP contribution is 2.25. The van der Waals surface area contributed by atoms with Crippen molar-refractivity contribution in [1.82, 2.24) is 4.31 Å². The molecule has 1 aliphatic rings. The second kappa shape index (κ2) is 8.09. The Balaban J connectivity index is 1.55. The van der Waals surface area contributed by atoms with E-state index in [0.29, 0.717) is 35.5 Å². The minimum Gasteiger partial charge on any atom is -0.371 e. The zero-order valence-electron chi connectivity index (χ0n) is 15.1. The van der Waals surface area contributed by atoms with E-state index in [9.17, 15) is 8.42 Å². The van der Waals surface area contributed by atoms with E-state index < -0.39 is 10.0 Å². The fourth-order valence-corrected chi connectivity index (χ4v) is 4.64. The van der Waals surface area contributed by atoms with Gasteiger partial charge in [0.05, 0.1) is 17.6 Å². The average molecular weight is 394 g/mol. The Labute approximate surface area is 160 Å². The first-order chi connectivity index (χ1) is 12.4. The first-order valence-electron chi connectivity index (χ1n) is 8.80. The monoisotopic (exact) mass is 393 g/mol. The van der Waals surface area contributed by atoms with Gasteiger partial charge in [0.25, 0.3) is 0 Å². The largest absolute Gasteiger partial charge is 0.371 e. The van der Waals surface area contributed by atoms with Gasteiger partial charge in [0.2, 0.25) is 10.0 Å². The fraction of sp³-hybridized carbons (Fsp3) is 0.400. The summed E-state index contributed by atoms with van der Waals surface area (Å²) in [5.41, 5.74) is 2.07. The topological polar surface area (TPSA) is 46.6 Å². The number of rotatable bonds is 7. The summed E-state index contributed by atoms with van der Waals surface area (Å²) < 4.78 is 32.6. The smallest absolute Gasteiger partial charge is 0.243 e. The molecule has 0 aromatic heterocycles. The van der Waals surface area contributed by atoms with Crippen LogP contribution in [0.1, 0.15) is 25.0 Å². The molecule has 3 rings (SSSR count). The Morgan fingerprint density at radius 3 is 2.38 bits per heavy atom. The molecule has 1 aliphatic heterocycles. The summed E-state index contributed by atoms with van der Waals surface area (Å²) in [5.74, 6) is 0.545. The first-order valence-corrected chi connectivity index (χ1v) is 10.6. The molecule has 0 unspecified atom stereocenters. The normalized spacial score (nSPS) is 16.0. The van der Waals surface area contributed by atoms with Crippen molar-refractivity contribution in [1.29, 1.82) is 0 Å². The van der Waals surface area contributed by atoms with Gasteiger partial charge < -0.3 is 4.74 Å². The lowest BCUT2D eigenvalue weighted by atomic mass is 10.0. The highest BCUT2D eigenvalue weighted by Gasteiger charge is 2.37. The van der Waals surface area contributed by atoms with Gasteiger partial charge in [-0.15, -0.1) is 0 Å². The molecule has 1 fully saturated rings. The second-order valence-electron chi connectivity index (χ2n) is 7.09. The summed E-state index contributed by atoms with van der Waals surface area (Å²) in [4.78, 5) is 0.342. The standard InChI is InChI=1S/C20H24ClNO3S/c1-15(2)11-16-7-9-19(10-8-16)26(23,24)22-12-18(13-22)25-14-17-5-3-4-6-20(17)21/h3-10,15,18H,11-14H2,1-2H3. The van der Waals surface area contributed by atoms with Crippen molar-refractivity contribution in [3.05, 3.63) is 64.7 Å². The number of hydrogen-bond acceptors (Lipinski definition) is 3. The summed E-state index contributed by atoms with van der Waals surface area (Å²) in [6.07, 6.45) is 0.850. The third-order valence-electron chi connectivity index (χ3n) is 4.45. The predicted molar refractivity (Wildman–Crippen MR) is 104 cm³/mol. The summed E-state index contributed by atoms with van der Waals surface area (Å²) in [5, 5.41) is 0.665. The predicted octanol–water partition coefficient (Wildman–Crippen LogP) is 4.13. The second-order valence-corrected chi connectivity index (χ2v) is 9.43. The SMILES string of the molecule is CC(C)Cc1ccc(S(=O)(=O)N2CC(OCc3ccccc3Cl)C2)cc1. The van der Waals surface area contributed by atoms with Crippen molar-refractivity contribution in [3.63, 3.8) is 0 Å². The van der Waals surface area contributed by atoms with Crippen LogP contribution in [0, 0.1) is 5.92 Å². The Kier molecular flexibility index (Phi) is 6.03. The number of nitrogens with zero attached hydrogens (tertiary/aromatic N) is 1. The number of halogens is 1. The molecule has 0 amide bonds. The van der Waals surface area contributed by atoms with Gasteiger partial charge in [0, 0.05) is 18.1 Å². The number of benzene rings is 2. The van der Waals surface area contributed by atoms with E-state index in [1.54, 1.807) is 12.1 Å². The highest BCUT2D eigenvalue weighted by atomic mass is 35.5. The Morgan fingerprint density at radius 2 is 1.77 bits per heavy atom. The molecule has 0 radical (unpaired) electrons. The molecular formula is C20H24ClNO3S. The molecule has 26 heavy (non-hydrogen) atoms. The van der Waals surface area contributed by atoms with E-state index in [-0.39, 0.29) is 6.10 Å². The van der Waals surface area contributed by atoms with Crippen LogP contribution >= 0.6 is 11.6 Å². The van der Waals surface area contributed by atoms with E-state index in [4.69, 9.17) is 16.3 Å². The van der Waals surface area contributed by atoms with Gasteiger partial charge in [-0.05, 0) is 41.7 Å². The minimum absolute atomic E-state index is 0.0961. The van der Waals surface area contributed by atoms with Crippen molar-refractivity contribution in [2.45, 2.75) is 37.9 Å². The van der Waals surface area contributed by atoms with Gasteiger partial charge in [0.1, 0.15) is 0 Å². The van der Waals surface area contributed by atoms with E-state index in [2.05, 4.69) is 13.8 Å². The van der Waals surface area contributed by atoms with Crippen molar-refractivity contribution in [3.8, 4) is 0 Å². The molecule has 2 aromatic carbocycles. The van der Waals surface area contributed by atoms with Crippen LogP contribution in [0.3, 0.4) is 0 Å². The number of sulfonamides is 1.